The third kappa shape index (κ3) is 3.54. The Balaban J connectivity index is 1.81. The first-order chi connectivity index (χ1) is 7.45. The van der Waals surface area contributed by atoms with Crippen LogP contribution in [0.5, 0.6) is 0 Å². The third-order valence-corrected chi connectivity index (χ3v) is 3.03. The highest BCUT2D eigenvalue weighted by molar-refractivity contribution is 8.07. The Bertz CT molecular complexity index is 357. The summed E-state index contributed by atoms with van der Waals surface area (Å²) in [5.41, 5.74) is 0. The molecule has 0 atom stereocenters. The van der Waals surface area contributed by atoms with Crippen LogP contribution in [0, 0.1) is 0 Å². The van der Waals surface area contributed by atoms with E-state index in [9.17, 15) is 0 Å². The van der Waals surface area contributed by atoms with Crippen LogP contribution in [0.3, 0.4) is 0 Å². The van der Waals surface area contributed by atoms with Gasteiger partial charge in [0, 0.05) is 58.7 Å². The maximum atomic E-state index is 5.38. The molecule has 2 heterocycles. The van der Waals surface area contributed by atoms with E-state index in [0.717, 1.165) is 9.79 Å². The van der Waals surface area contributed by atoms with Crippen molar-refractivity contribution in [2.24, 2.45) is 0 Å². The number of pyridine rings is 2. The Morgan fingerprint density at radius 1 is 0.733 bits per heavy atom. The van der Waals surface area contributed by atoms with E-state index >= 15 is 0 Å². The fraction of sp³-hybridized carbons (Fsp3) is 0. The van der Waals surface area contributed by atoms with Gasteiger partial charge in [0.05, 0.1) is 0 Å². The standard InChI is InChI=1S/C10H8N2OS2/c1-5-11-6-2-9(1)14-13-15-10-3-7-12-8-4-10/h1-8H. The van der Waals surface area contributed by atoms with Gasteiger partial charge in [-0.25, -0.2) is 3.63 Å². The summed E-state index contributed by atoms with van der Waals surface area (Å²) < 4.78 is 5.38. The van der Waals surface area contributed by atoms with Crippen molar-refractivity contribution in [1.29, 1.82) is 0 Å². The second kappa shape index (κ2) is 5.75. The number of hydrogen-bond acceptors (Lipinski definition) is 5. The molecule has 76 valence electrons. The van der Waals surface area contributed by atoms with Gasteiger partial charge >= 0.3 is 0 Å². The summed E-state index contributed by atoms with van der Waals surface area (Å²) in [7, 11) is 0. The summed E-state index contributed by atoms with van der Waals surface area (Å²) in [6, 6.07) is 7.60. The monoisotopic (exact) mass is 236 g/mol. The van der Waals surface area contributed by atoms with Crippen molar-refractivity contribution in [1.82, 2.24) is 9.97 Å². The van der Waals surface area contributed by atoms with Crippen LogP contribution >= 0.6 is 24.1 Å². The quantitative estimate of drug-likeness (QED) is 0.762. The van der Waals surface area contributed by atoms with Crippen LogP contribution in [0.15, 0.2) is 58.8 Å². The number of nitrogens with zero attached hydrogens (tertiary/aromatic N) is 2. The highest BCUT2D eigenvalue weighted by Crippen LogP contribution is 2.28. The average molecular weight is 236 g/mol. The highest BCUT2D eigenvalue weighted by atomic mass is 32.2. The van der Waals surface area contributed by atoms with Crippen molar-refractivity contribution in [2.75, 3.05) is 0 Å². The summed E-state index contributed by atoms with van der Waals surface area (Å²) >= 11 is 2.64. The van der Waals surface area contributed by atoms with Gasteiger partial charge in [-0.3, -0.25) is 9.97 Å². The molecule has 2 aromatic rings. The Kier molecular flexibility index (Phi) is 4.01. The van der Waals surface area contributed by atoms with Gasteiger partial charge in [0.15, 0.2) is 0 Å². The Morgan fingerprint density at radius 3 is 1.53 bits per heavy atom. The van der Waals surface area contributed by atoms with E-state index in [1.54, 1.807) is 24.8 Å². The molecule has 0 N–H and O–H groups in total. The van der Waals surface area contributed by atoms with Gasteiger partial charge in [0.1, 0.15) is 0 Å². The van der Waals surface area contributed by atoms with Crippen molar-refractivity contribution in [3.8, 4) is 0 Å². The summed E-state index contributed by atoms with van der Waals surface area (Å²) in [5, 5.41) is 0. The second-order valence-electron chi connectivity index (χ2n) is 2.60. The van der Waals surface area contributed by atoms with Gasteiger partial charge < -0.3 is 0 Å². The van der Waals surface area contributed by atoms with Crippen molar-refractivity contribution in [2.45, 2.75) is 9.79 Å². The first-order valence-corrected chi connectivity index (χ1v) is 5.75. The van der Waals surface area contributed by atoms with Crippen LogP contribution in [0.25, 0.3) is 0 Å². The molecule has 0 radical (unpaired) electrons. The molecule has 0 fully saturated rings. The molecule has 0 bridgehead atoms. The topological polar surface area (TPSA) is 35.0 Å². The van der Waals surface area contributed by atoms with Gasteiger partial charge in [0.2, 0.25) is 0 Å². The lowest BCUT2D eigenvalue weighted by atomic mass is 10.5. The molecule has 0 aromatic carbocycles. The van der Waals surface area contributed by atoms with Gasteiger partial charge in [-0.05, 0) is 24.3 Å². The lowest BCUT2D eigenvalue weighted by Gasteiger charge is -1.99. The fourth-order valence-corrected chi connectivity index (χ4v) is 2.11. The fourth-order valence-electron chi connectivity index (χ4n) is 0.883. The normalized spacial score (nSPS) is 10.1. The first kappa shape index (κ1) is 10.5. The minimum atomic E-state index is 1.03. The van der Waals surface area contributed by atoms with Crippen molar-refractivity contribution >= 4 is 24.1 Å². The predicted octanol–water partition coefficient (Wildman–Crippen LogP) is 3.21. The van der Waals surface area contributed by atoms with Crippen molar-refractivity contribution in [3.05, 3.63) is 49.1 Å². The highest BCUT2D eigenvalue weighted by Gasteiger charge is 1.96. The molecule has 0 aliphatic rings. The number of aromatic nitrogens is 2. The summed E-state index contributed by atoms with van der Waals surface area (Å²) in [4.78, 5) is 9.92. The molecule has 5 heteroatoms. The Morgan fingerprint density at radius 2 is 1.13 bits per heavy atom. The lowest BCUT2D eigenvalue weighted by molar-refractivity contribution is 0.756. The van der Waals surface area contributed by atoms with Gasteiger partial charge in [-0.2, -0.15) is 0 Å². The van der Waals surface area contributed by atoms with E-state index in [4.69, 9.17) is 3.63 Å². The molecule has 0 aliphatic heterocycles. The largest absolute Gasteiger partial charge is 0.265 e. The summed E-state index contributed by atoms with van der Waals surface area (Å²) in [6.45, 7) is 0. The van der Waals surface area contributed by atoms with E-state index in [2.05, 4.69) is 9.97 Å². The SMILES string of the molecule is c1cc(SOSc2ccncc2)ccn1. The smallest absolute Gasteiger partial charge is 0.0448 e. The minimum absolute atomic E-state index is 1.03. The van der Waals surface area contributed by atoms with E-state index in [0.29, 0.717) is 0 Å². The van der Waals surface area contributed by atoms with Crippen LogP contribution in [0.4, 0.5) is 0 Å². The maximum Gasteiger partial charge on any atom is 0.0448 e. The predicted molar refractivity (Wildman–Crippen MR) is 61.3 cm³/mol. The molecular formula is C10H8N2OS2. The molecule has 0 aliphatic carbocycles. The zero-order valence-electron chi connectivity index (χ0n) is 7.74. The van der Waals surface area contributed by atoms with Crippen LogP contribution in [0.1, 0.15) is 0 Å². The number of rotatable bonds is 4. The molecule has 0 saturated heterocycles. The lowest BCUT2D eigenvalue weighted by Crippen LogP contribution is -1.74. The second-order valence-corrected chi connectivity index (χ2v) is 4.42. The maximum absolute atomic E-state index is 5.38. The van der Waals surface area contributed by atoms with Gasteiger partial charge in [-0.15, -0.1) is 0 Å². The van der Waals surface area contributed by atoms with Crippen LogP contribution in [0.2, 0.25) is 0 Å². The van der Waals surface area contributed by atoms with E-state index in [1.165, 1.54) is 24.1 Å². The van der Waals surface area contributed by atoms with Crippen LogP contribution in [-0.4, -0.2) is 9.97 Å². The zero-order chi connectivity index (χ0) is 10.3. The molecule has 0 saturated carbocycles. The molecular weight excluding hydrogens is 228 g/mol. The number of hydrogen-bond donors (Lipinski definition) is 0. The molecule has 2 aromatic heterocycles. The van der Waals surface area contributed by atoms with Gasteiger partial charge in [-0.1, -0.05) is 0 Å². The summed E-state index contributed by atoms with van der Waals surface area (Å²) in [6.07, 6.45) is 6.96. The summed E-state index contributed by atoms with van der Waals surface area (Å²) in [5.74, 6) is 0. The molecule has 15 heavy (non-hydrogen) atoms. The van der Waals surface area contributed by atoms with E-state index < -0.39 is 0 Å². The zero-order valence-corrected chi connectivity index (χ0v) is 9.37. The van der Waals surface area contributed by atoms with Crippen molar-refractivity contribution < 1.29 is 3.63 Å². The molecule has 0 unspecified atom stereocenters. The Hall–Kier alpha value is -1.04. The molecule has 0 spiro atoms. The van der Waals surface area contributed by atoms with Crippen LogP contribution < -0.4 is 0 Å². The van der Waals surface area contributed by atoms with E-state index in [-0.39, 0.29) is 0 Å². The van der Waals surface area contributed by atoms with Crippen molar-refractivity contribution in [3.63, 3.8) is 0 Å². The first-order valence-electron chi connectivity index (χ1n) is 4.26. The molecule has 2 rings (SSSR count). The van der Waals surface area contributed by atoms with Crippen LogP contribution in [-0.2, 0) is 3.63 Å². The Labute approximate surface area is 96.7 Å². The third-order valence-electron chi connectivity index (χ3n) is 1.56. The minimum Gasteiger partial charge on any atom is -0.265 e. The molecule has 3 nitrogen and oxygen atoms in total. The van der Waals surface area contributed by atoms with Gasteiger partial charge in [0.25, 0.3) is 0 Å². The molecule has 0 amide bonds. The van der Waals surface area contributed by atoms with E-state index in [1.807, 2.05) is 24.3 Å². The average Bonchev–Trinajstić information content (AvgIpc) is 2.32.